The maximum atomic E-state index is 11.5. The lowest BCUT2D eigenvalue weighted by atomic mass is 10.1. The van der Waals surface area contributed by atoms with E-state index in [2.05, 4.69) is 15.6 Å². The number of para-hydroxylation sites is 1. The largest absolute Gasteiger partial charge is 0.480 e. The van der Waals surface area contributed by atoms with E-state index in [1.807, 2.05) is 24.3 Å². The van der Waals surface area contributed by atoms with E-state index in [9.17, 15) is 19.5 Å². The number of carbonyl (C=O) groups is 3. The van der Waals surface area contributed by atoms with Crippen LogP contribution in [0.5, 0.6) is 0 Å². The summed E-state index contributed by atoms with van der Waals surface area (Å²) in [7, 11) is 0. The van der Waals surface area contributed by atoms with Crippen LogP contribution in [0, 0.1) is 0 Å². The van der Waals surface area contributed by atoms with Gasteiger partial charge in [-0.2, -0.15) is 0 Å². The number of amides is 2. The predicted molar refractivity (Wildman–Crippen MR) is 75.6 cm³/mol. The zero-order valence-electron chi connectivity index (χ0n) is 11.1. The fourth-order valence-corrected chi connectivity index (χ4v) is 2.10. The molecule has 7 nitrogen and oxygen atoms in total. The van der Waals surface area contributed by atoms with Crippen LogP contribution < -0.4 is 10.6 Å². The number of hydrogen-bond donors (Lipinski definition) is 4. The molecule has 0 spiro atoms. The molecule has 1 aromatic heterocycles. The van der Waals surface area contributed by atoms with E-state index >= 15 is 0 Å². The summed E-state index contributed by atoms with van der Waals surface area (Å²) < 4.78 is 0. The first-order valence-electron chi connectivity index (χ1n) is 6.36. The molecular formula is C14H15N3O4. The highest BCUT2D eigenvalue weighted by Gasteiger charge is 2.21. The standard InChI is InChI=1S/C14H15N3O4/c18-8-15-7-13(19)17-12(14(20)21)5-9-6-16-11-4-2-1-3-10(9)11/h1-4,6,8,12,16H,5,7H2,(H,15,18)(H,17,19)(H,20,21)/t12-/m0/s1. The lowest BCUT2D eigenvalue weighted by Gasteiger charge is -2.14. The molecule has 2 aromatic rings. The van der Waals surface area contributed by atoms with Gasteiger partial charge in [-0.15, -0.1) is 0 Å². The van der Waals surface area contributed by atoms with Crippen LogP contribution in [0.2, 0.25) is 0 Å². The summed E-state index contributed by atoms with van der Waals surface area (Å²) in [6, 6.07) is 6.47. The molecular weight excluding hydrogens is 274 g/mol. The van der Waals surface area contributed by atoms with Gasteiger partial charge in [0.1, 0.15) is 6.04 Å². The van der Waals surface area contributed by atoms with Crippen molar-refractivity contribution in [2.75, 3.05) is 6.54 Å². The highest BCUT2D eigenvalue weighted by molar-refractivity contribution is 5.87. The number of rotatable bonds is 7. The van der Waals surface area contributed by atoms with Gasteiger partial charge in [0.15, 0.2) is 0 Å². The summed E-state index contributed by atoms with van der Waals surface area (Å²) in [5, 5.41) is 14.7. The Morgan fingerprint density at radius 1 is 1.33 bits per heavy atom. The third kappa shape index (κ3) is 3.59. The van der Waals surface area contributed by atoms with Crippen LogP contribution in [-0.2, 0) is 20.8 Å². The second-order valence-corrected chi connectivity index (χ2v) is 4.52. The molecule has 4 N–H and O–H groups in total. The Morgan fingerprint density at radius 3 is 2.81 bits per heavy atom. The fourth-order valence-electron chi connectivity index (χ4n) is 2.10. The Hall–Kier alpha value is -2.83. The molecule has 110 valence electrons. The van der Waals surface area contributed by atoms with Crippen LogP contribution in [0.1, 0.15) is 5.56 Å². The van der Waals surface area contributed by atoms with Crippen LogP contribution in [0.25, 0.3) is 10.9 Å². The Morgan fingerprint density at radius 2 is 2.10 bits per heavy atom. The van der Waals surface area contributed by atoms with Crippen molar-refractivity contribution in [1.82, 2.24) is 15.6 Å². The Balaban J connectivity index is 2.11. The van der Waals surface area contributed by atoms with Gasteiger partial charge in [-0.1, -0.05) is 18.2 Å². The second kappa shape index (κ2) is 6.56. The zero-order valence-corrected chi connectivity index (χ0v) is 11.1. The van der Waals surface area contributed by atoms with Crippen LogP contribution in [0.15, 0.2) is 30.5 Å². The van der Waals surface area contributed by atoms with Crippen molar-refractivity contribution in [3.8, 4) is 0 Å². The van der Waals surface area contributed by atoms with E-state index in [0.717, 1.165) is 16.5 Å². The molecule has 0 radical (unpaired) electrons. The second-order valence-electron chi connectivity index (χ2n) is 4.52. The average Bonchev–Trinajstić information content (AvgIpc) is 2.87. The molecule has 0 bridgehead atoms. The van der Waals surface area contributed by atoms with Crippen LogP contribution in [0.3, 0.4) is 0 Å². The number of benzene rings is 1. The van der Waals surface area contributed by atoms with Gasteiger partial charge in [-0.25, -0.2) is 4.79 Å². The van der Waals surface area contributed by atoms with Crippen molar-refractivity contribution in [2.45, 2.75) is 12.5 Å². The predicted octanol–water partition coefficient (Wildman–Crippen LogP) is 0.0258. The normalized spacial score (nSPS) is 11.8. The Labute approximate surface area is 120 Å². The first-order valence-corrected chi connectivity index (χ1v) is 6.36. The summed E-state index contributed by atoms with van der Waals surface area (Å²) in [4.78, 5) is 35.9. The summed E-state index contributed by atoms with van der Waals surface area (Å²) >= 11 is 0. The van der Waals surface area contributed by atoms with Crippen LogP contribution >= 0.6 is 0 Å². The number of fused-ring (bicyclic) bond motifs is 1. The average molecular weight is 289 g/mol. The summed E-state index contributed by atoms with van der Waals surface area (Å²) in [5.74, 6) is -1.67. The molecule has 0 saturated carbocycles. The highest BCUT2D eigenvalue weighted by Crippen LogP contribution is 2.19. The molecule has 0 aliphatic carbocycles. The van der Waals surface area contributed by atoms with Gasteiger partial charge in [0, 0.05) is 23.5 Å². The minimum absolute atomic E-state index is 0.159. The molecule has 0 aliphatic heterocycles. The van der Waals surface area contributed by atoms with Gasteiger partial charge >= 0.3 is 5.97 Å². The molecule has 0 unspecified atom stereocenters. The van der Waals surface area contributed by atoms with E-state index in [-0.39, 0.29) is 13.0 Å². The monoisotopic (exact) mass is 289 g/mol. The quantitative estimate of drug-likeness (QED) is 0.539. The van der Waals surface area contributed by atoms with Gasteiger partial charge in [0.05, 0.1) is 6.54 Å². The summed E-state index contributed by atoms with van der Waals surface area (Å²) in [6.07, 6.45) is 2.28. The zero-order chi connectivity index (χ0) is 15.2. The van der Waals surface area contributed by atoms with Gasteiger partial charge in [0.2, 0.25) is 12.3 Å². The summed E-state index contributed by atoms with van der Waals surface area (Å²) in [6.45, 7) is -0.249. The highest BCUT2D eigenvalue weighted by atomic mass is 16.4. The maximum Gasteiger partial charge on any atom is 0.326 e. The SMILES string of the molecule is O=CNCC(=O)N[C@@H](Cc1c[nH]c2ccccc12)C(=O)O. The number of hydrogen-bond acceptors (Lipinski definition) is 3. The molecule has 1 atom stereocenters. The van der Waals surface area contributed by atoms with Gasteiger partial charge < -0.3 is 20.7 Å². The first-order chi connectivity index (χ1) is 10.1. The number of aromatic amines is 1. The number of carboxylic acid groups (broad SMARTS) is 1. The van der Waals surface area contributed by atoms with Gasteiger partial charge in [0.25, 0.3) is 0 Å². The molecule has 0 aliphatic rings. The summed E-state index contributed by atoms with van der Waals surface area (Å²) in [5.41, 5.74) is 1.72. The molecule has 2 amide bonds. The van der Waals surface area contributed by atoms with Crippen molar-refractivity contribution in [2.24, 2.45) is 0 Å². The Bertz CT molecular complexity index is 665. The number of aromatic nitrogens is 1. The van der Waals surface area contributed by atoms with Crippen molar-refractivity contribution in [1.29, 1.82) is 0 Å². The number of nitrogens with one attached hydrogen (secondary N) is 3. The van der Waals surface area contributed by atoms with Crippen molar-refractivity contribution in [3.63, 3.8) is 0 Å². The van der Waals surface area contributed by atoms with Gasteiger partial charge in [-0.3, -0.25) is 9.59 Å². The fraction of sp³-hybridized carbons (Fsp3) is 0.214. The van der Waals surface area contributed by atoms with Crippen molar-refractivity contribution in [3.05, 3.63) is 36.0 Å². The van der Waals surface area contributed by atoms with Crippen LogP contribution in [-0.4, -0.2) is 41.0 Å². The Kier molecular flexibility index (Phi) is 4.55. The van der Waals surface area contributed by atoms with E-state index in [4.69, 9.17) is 0 Å². The maximum absolute atomic E-state index is 11.5. The number of H-pyrrole nitrogens is 1. The van der Waals surface area contributed by atoms with E-state index < -0.39 is 17.9 Å². The molecule has 0 saturated heterocycles. The molecule has 2 rings (SSSR count). The molecule has 7 heteroatoms. The smallest absolute Gasteiger partial charge is 0.326 e. The van der Waals surface area contributed by atoms with Gasteiger partial charge in [-0.05, 0) is 11.6 Å². The molecule has 1 heterocycles. The lowest BCUT2D eigenvalue weighted by Crippen LogP contribution is -2.45. The number of carboxylic acids is 1. The molecule has 1 aromatic carbocycles. The van der Waals surface area contributed by atoms with Crippen LogP contribution in [0.4, 0.5) is 0 Å². The minimum Gasteiger partial charge on any atom is -0.480 e. The first kappa shape index (κ1) is 14.6. The minimum atomic E-state index is -1.13. The number of aliphatic carboxylic acids is 1. The third-order valence-corrected chi connectivity index (χ3v) is 3.08. The topological polar surface area (TPSA) is 111 Å². The van der Waals surface area contributed by atoms with E-state index in [1.165, 1.54) is 0 Å². The van der Waals surface area contributed by atoms with Crippen molar-refractivity contribution < 1.29 is 19.5 Å². The third-order valence-electron chi connectivity index (χ3n) is 3.08. The molecule has 0 fully saturated rings. The lowest BCUT2D eigenvalue weighted by molar-refractivity contribution is -0.141. The van der Waals surface area contributed by atoms with E-state index in [1.54, 1.807) is 6.20 Å². The van der Waals surface area contributed by atoms with Crippen molar-refractivity contribution >= 4 is 29.2 Å². The van der Waals surface area contributed by atoms with E-state index in [0.29, 0.717) is 6.41 Å². The molecule has 21 heavy (non-hydrogen) atoms. The number of carbonyl (C=O) groups excluding carboxylic acids is 2.